The van der Waals surface area contributed by atoms with Gasteiger partial charge in [0.25, 0.3) is 5.76 Å². The highest BCUT2D eigenvalue weighted by atomic mass is 32.2. The number of nitrogens with one attached hydrogen (secondary N) is 1. The molecule has 1 amide bonds. The molecule has 4 nitrogen and oxygen atoms in total. The Hall–Kier alpha value is -2.02. The van der Waals surface area contributed by atoms with Gasteiger partial charge in [0.15, 0.2) is 5.16 Å². The van der Waals surface area contributed by atoms with Crippen LogP contribution in [0.3, 0.4) is 0 Å². The Labute approximate surface area is 137 Å². The van der Waals surface area contributed by atoms with E-state index in [0.717, 1.165) is 5.56 Å². The second-order valence-electron chi connectivity index (χ2n) is 5.30. The Morgan fingerprint density at radius 1 is 1.26 bits per heavy atom. The molecule has 0 unspecified atom stereocenters. The van der Waals surface area contributed by atoms with Crippen molar-refractivity contribution in [2.75, 3.05) is 5.32 Å². The van der Waals surface area contributed by atoms with Gasteiger partial charge in [0.05, 0.1) is 11.4 Å². The lowest BCUT2D eigenvalue weighted by Gasteiger charge is -2.13. The van der Waals surface area contributed by atoms with Crippen LogP contribution in [0.15, 0.2) is 35.6 Å². The number of aromatic nitrogens is 2. The van der Waals surface area contributed by atoms with Crippen molar-refractivity contribution in [1.82, 2.24) is 9.97 Å². The Morgan fingerprint density at radius 3 is 2.65 bits per heavy atom. The fourth-order valence-electron chi connectivity index (χ4n) is 1.88. The van der Waals surface area contributed by atoms with Gasteiger partial charge in [-0.2, -0.15) is 8.78 Å². The molecule has 1 aromatic heterocycles. The van der Waals surface area contributed by atoms with E-state index in [9.17, 15) is 13.6 Å². The fraction of sp³-hybridized carbons (Fsp3) is 0.312. The van der Waals surface area contributed by atoms with Gasteiger partial charge in [-0.25, -0.2) is 9.97 Å². The summed E-state index contributed by atoms with van der Waals surface area (Å²) in [6.45, 7) is 5.50. The minimum absolute atomic E-state index is 0.000132. The molecule has 0 radical (unpaired) electrons. The van der Waals surface area contributed by atoms with Crippen molar-refractivity contribution in [2.24, 2.45) is 5.92 Å². The first-order chi connectivity index (χ1) is 10.9. The molecule has 2 rings (SSSR count). The number of aryl methyl sites for hydroxylation is 1. The quantitative estimate of drug-likeness (QED) is 0.650. The zero-order valence-electron chi connectivity index (χ0n) is 13.0. The SMILES string of the molecule is Cc1ccc(NC(=O)C(C)C)c(-c2ccnc(SC(F)F)n2)c1. The molecule has 0 spiro atoms. The first kappa shape index (κ1) is 17.3. The number of thioether (sulfide) groups is 1. The Balaban J connectivity index is 2.41. The molecule has 0 saturated carbocycles. The van der Waals surface area contributed by atoms with Gasteiger partial charge in [-0.05, 0) is 36.9 Å². The van der Waals surface area contributed by atoms with E-state index >= 15 is 0 Å². The molecule has 1 aromatic carbocycles. The smallest absolute Gasteiger partial charge is 0.291 e. The normalized spacial score (nSPS) is 11.1. The molecular weight excluding hydrogens is 320 g/mol. The summed E-state index contributed by atoms with van der Waals surface area (Å²) in [5.41, 5.74) is 2.74. The maximum Gasteiger partial charge on any atom is 0.291 e. The van der Waals surface area contributed by atoms with Crippen LogP contribution < -0.4 is 5.32 Å². The van der Waals surface area contributed by atoms with Crippen LogP contribution in [-0.2, 0) is 4.79 Å². The van der Waals surface area contributed by atoms with E-state index in [1.807, 2.05) is 19.1 Å². The van der Waals surface area contributed by atoms with Crippen LogP contribution >= 0.6 is 11.8 Å². The Morgan fingerprint density at radius 2 is 2.00 bits per heavy atom. The third kappa shape index (κ3) is 4.72. The number of anilines is 1. The number of hydrogen-bond donors (Lipinski definition) is 1. The Bertz CT molecular complexity index is 707. The molecule has 0 saturated heterocycles. The molecular formula is C16H17F2N3OS. The highest BCUT2D eigenvalue weighted by Gasteiger charge is 2.14. The number of carbonyl (C=O) groups is 1. The molecule has 1 N–H and O–H groups in total. The largest absolute Gasteiger partial charge is 0.325 e. The maximum atomic E-state index is 12.5. The molecule has 122 valence electrons. The number of hydrogen-bond acceptors (Lipinski definition) is 4. The van der Waals surface area contributed by atoms with Gasteiger partial charge in [0.2, 0.25) is 5.91 Å². The number of halogens is 2. The van der Waals surface area contributed by atoms with Crippen molar-refractivity contribution < 1.29 is 13.6 Å². The lowest BCUT2D eigenvalue weighted by molar-refractivity contribution is -0.118. The van der Waals surface area contributed by atoms with Crippen molar-refractivity contribution >= 4 is 23.4 Å². The van der Waals surface area contributed by atoms with Crippen LogP contribution in [0.1, 0.15) is 19.4 Å². The van der Waals surface area contributed by atoms with Crippen molar-refractivity contribution in [2.45, 2.75) is 31.7 Å². The maximum absolute atomic E-state index is 12.5. The lowest BCUT2D eigenvalue weighted by Crippen LogP contribution is -2.18. The summed E-state index contributed by atoms with van der Waals surface area (Å²) in [7, 11) is 0. The lowest BCUT2D eigenvalue weighted by atomic mass is 10.1. The van der Waals surface area contributed by atoms with Crippen LogP contribution in [0.2, 0.25) is 0 Å². The van der Waals surface area contributed by atoms with Gasteiger partial charge in [0, 0.05) is 17.7 Å². The predicted octanol–water partition coefficient (Wildman–Crippen LogP) is 4.36. The van der Waals surface area contributed by atoms with Crippen LogP contribution in [0.5, 0.6) is 0 Å². The van der Waals surface area contributed by atoms with E-state index in [1.165, 1.54) is 6.20 Å². The van der Waals surface area contributed by atoms with E-state index in [4.69, 9.17) is 0 Å². The van der Waals surface area contributed by atoms with Crippen molar-refractivity contribution in [3.63, 3.8) is 0 Å². The van der Waals surface area contributed by atoms with Gasteiger partial charge < -0.3 is 5.32 Å². The summed E-state index contributed by atoms with van der Waals surface area (Å²) >= 11 is 0.293. The van der Waals surface area contributed by atoms with Crippen LogP contribution in [0, 0.1) is 12.8 Å². The summed E-state index contributed by atoms with van der Waals surface area (Å²) in [4.78, 5) is 19.9. The summed E-state index contributed by atoms with van der Waals surface area (Å²) in [5.74, 6) is -2.87. The number of carbonyl (C=O) groups excluding carboxylic acids is 1. The molecule has 2 aromatic rings. The monoisotopic (exact) mass is 337 g/mol. The van der Waals surface area contributed by atoms with Gasteiger partial charge in [-0.1, -0.05) is 25.5 Å². The van der Waals surface area contributed by atoms with Crippen LogP contribution in [0.4, 0.5) is 14.5 Å². The fourth-order valence-corrected chi connectivity index (χ4v) is 2.32. The highest BCUT2D eigenvalue weighted by molar-refractivity contribution is 7.99. The average molecular weight is 337 g/mol. The minimum Gasteiger partial charge on any atom is -0.325 e. The van der Waals surface area contributed by atoms with E-state index < -0.39 is 5.76 Å². The van der Waals surface area contributed by atoms with Gasteiger partial charge in [-0.3, -0.25) is 4.79 Å². The first-order valence-electron chi connectivity index (χ1n) is 7.06. The molecule has 0 bridgehead atoms. The van der Waals surface area contributed by atoms with Gasteiger partial charge >= 0.3 is 0 Å². The molecule has 0 fully saturated rings. The first-order valence-corrected chi connectivity index (χ1v) is 7.94. The van der Waals surface area contributed by atoms with E-state index in [0.29, 0.717) is 28.7 Å². The summed E-state index contributed by atoms with van der Waals surface area (Å²) in [6.07, 6.45) is 1.43. The van der Waals surface area contributed by atoms with Gasteiger partial charge in [-0.15, -0.1) is 0 Å². The van der Waals surface area contributed by atoms with Gasteiger partial charge in [0.1, 0.15) is 0 Å². The Kier molecular flexibility index (Phi) is 5.65. The highest BCUT2D eigenvalue weighted by Crippen LogP contribution is 2.30. The van der Waals surface area contributed by atoms with Crippen molar-refractivity contribution in [1.29, 1.82) is 0 Å². The molecule has 0 aliphatic carbocycles. The number of amides is 1. The molecule has 23 heavy (non-hydrogen) atoms. The predicted molar refractivity (Wildman–Crippen MR) is 87.5 cm³/mol. The van der Waals surface area contributed by atoms with Crippen LogP contribution in [-0.4, -0.2) is 21.6 Å². The van der Waals surface area contributed by atoms with Crippen LogP contribution in [0.25, 0.3) is 11.3 Å². The molecule has 7 heteroatoms. The number of alkyl halides is 2. The molecule has 0 atom stereocenters. The average Bonchev–Trinajstić information content (AvgIpc) is 2.48. The number of benzene rings is 1. The topological polar surface area (TPSA) is 54.9 Å². The number of nitrogens with zero attached hydrogens (tertiary/aromatic N) is 2. The molecule has 1 heterocycles. The summed E-state index contributed by atoms with van der Waals surface area (Å²) in [6, 6.07) is 7.15. The molecule has 0 aliphatic heterocycles. The summed E-state index contributed by atoms with van der Waals surface area (Å²) < 4.78 is 25.0. The zero-order chi connectivity index (χ0) is 17.0. The zero-order valence-corrected chi connectivity index (χ0v) is 13.8. The second kappa shape index (κ2) is 7.50. The molecule has 0 aliphatic rings. The van der Waals surface area contributed by atoms with E-state index in [-0.39, 0.29) is 17.0 Å². The van der Waals surface area contributed by atoms with E-state index in [1.54, 1.807) is 26.0 Å². The van der Waals surface area contributed by atoms with Crippen molar-refractivity contribution in [3.05, 3.63) is 36.0 Å². The minimum atomic E-state index is -2.58. The third-order valence-corrected chi connectivity index (χ3v) is 3.65. The summed E-state index contributed by atoms with van der Waals surface area (Å²) in [5, 5.41) is 2.84. The number of rotatable bonds is 5. The van der Waals surface area contributed by atoms with E-state index in [2.05, 4.69) is 15.3 Å². The second-order valence-corrected chi connectivity index (χ2v) is 6.25. The third-order valence-electron chi connectivity index (χ3n) is 3.06. The van der Waals surface area contributed by atoms with Crippen molar-refractivity contribution in [3.8, 4) is 11.3 Å². The standard InChI is InChI=1S/C16H17F2N3OS/c1-9(2)14(22)20-12-5-4-10(3)8-11(12)13-6-7-19-16(21-13)23-15(17)18/h4-9,15H,1-3H3,(H,20,22).